The van der Waals surface area contributed by atoms with Gasteiger partial charge in [0.15, 0.2) is 0 Å². The highest BCUT2D eigenvalue weighted by Crippen LogP contribution is 2.40. The molecule has 1 N–H and O–H groups in total. The lowest BCUT2D eigenvalue weighted by molar-refractivity contribution is 1.18. The lowest BCUT2D eigenvalue weighted by atomic mass is 9.91. The number of fused-ring (bicyclic) bond motifs is 4. The van der Waals surface area contributed by atoms with Gasteiger partial charge in [-0.25, -0.2) is 0 Å². The van der Waals surface area contributed by atoms with E-state index < -0.39 is 0 Å². The van der Waals surface area contributed by atoms with Gasteiger partial charge in [0.25, 0.3) is 0 Å². The van der Waals surface area contributed by atoms with Gasteiger partial charge in [-0.15, -0.1) is 0 Å². The van der Waals surface area contributed by atoms with E-state index >= 15 is 0 Å². The molecule has 0 fully saturated rings. The molecule has 8 aromatic carbocycles. The van der Waals surface area contributed by atoms with Gasteiger partial charge < -0.3 is 9.88 Å². The van der Waals surface area contributed by atoms with Crippen molar-refractivity contribution in [2.24, 2.45) is 0 Å². The van der Waals surface area contributed by atoms with Crippen LogP contribution in [0.25, 0.3) is 71.6 Å². The van der Waals surface area contributed by atoms with Crippen molar-refractivity contribution >= 4 is 44.0 Å². The second-order valence-electron chi connectivity index (χ2n) is 12.2. The van der Waals surface area contributed by atoms with Gasteiger partial charge in [0, 0.05) is 33.4 Å². The largest absolute Gasteiger partial charge is 0.355 e. The maximum absolute atomic E-state index is 3.74. The minimum atomic E-state index is 1.05. The molecular weight excluding hydrogens is 581 g/mol. The number of anilines is 2. The van der Waals surface area contributed by atoms with E-state index in [4.69, 9.17) is 0 Å². The number of nitrogens with one attached hydrogen (secondary N) is 1. The molecule has 2 heteroatoms. The Morgan fingerprint density at radius 2 is 0.958 bits per heavy atom. The fourth-order valence-corrected chi connectivity index (χ4v) is 7.18. The third kappa shape index (κ3) is 4.83. The second-order valence-corrected chi connectivity index (χ2v) is 12.2. The summed E-state index contributed by atoms with van der Waals surface area (Å²) in [6.07, 6.45) is 0. The van der Waals surface area contributed by atoms with E-state index in [0.29, 0.717) is 0 Å². The zero-order chi connectivity index (χ0) is 31.9. The molecule has 0 unspecified atom stereocenters. The van der Waals surface area contributed by atoms with Gasteiger partial charge >= 0.3 is 0 Å². The van der Waals surface area contributed by atoms with Gasteiger partial charge in [0.05, 0.1) is 11.0 Å². The molecule has 0 saturated carbocycles. The molecular formula is C46H32N2. The fraction of sp³-hybridized carbons (Fsp3) is 0. The van der Waals surface area contributed by atoms with Crippen molar-refractivity contribution in [1.29, 1.82) is 0 Å². The highest BCUT2D eigenvalue weighted by atomic mass is 15.0. The average molecular weight is 613 g/mol. The number of nitrogens with zero attached hydrogens (tertiary/aromatic N) is 1. The molecule has 0 aliphatic carbocycles. The smallest absolute Gasteiger partial charge is 0.0541 e. The van der Waals surface area contributed by atoms with Gasteiger partial charge in [-0.2, -0.15) is 0 Å². The molecule has 48 heavy (non-hydrogen) atoms. The molecule has 1 aromatic heterocycles. The number of rotatable bonds is 6. The molecule has 9 aromatic rings. The van der Waals surface area contributed by atoms with Gasteiger partial charge in [0.1, 0.15) is 0 Å². The molecule has 0 bridgehead atoms. The van der Waals surface area contributed by atoms with Gasteiger partial charge in [0.2, 0.25) is 0 Å². The van der Waals surface area contributed by atoms with Crippen molar-refractivity contribution in [1.82, 2.24) is 4.57 Å². The Labute approximate surface area is 280 Å². The van der Waals surface area contributed by atoms with Crippen LogP contribution in [0.3, 0.4) is 0 Å². The molecule has 0 radical (unpaired) electrons. The molecule has 0 spiro atoms. The van der Waals surface area contributed by atoms with E-state index in [0.717, 1.165) is 17.1 Å². The van der Waals surface area contributed by atoms with E-state index in [1.807, 2.05) is 0 Å². The van der Waals surface area contributed by atoms with Gasteiger partial charge in [-0.3, -0.25) is 0 Å². The van der Waals surface area contributed by atoms with Crippen LogP contribution in [-0.4, -0.2) is 4.57 Å². The van der Waals surface area contributed by atoms with Crippen LogP contribution >= 0.6 is 0 Å². The van der Waals surface area contributed by atoms with Crippen molar-refractivity contribution in [3.63, 3.8) is 0 Å². The number of aromatic nitrogens is 1. The third-order valence-electron chi connectivity index (χ3n) is 9.39. The Morgan fingerprint density at radius 1 is 0.375 bits per heavy atom. The molecule has 0 atom stereocenters. The van der Waals surface area contributed by atoms with Crippen LogP contribution in [0.5, 0.6) is 0 Å². The van der Waals surface area contributed by atoms with Crippen molar-refractivity contribution in [3.05, 3.63) is 188 Å². The topological polar surface area (TPSA) is 17.0 Å². The van der Waals surface area contributed by atoms with Gasteiger partial charge in [-0.05, 0) is 81.1 Å². The lowest BCUT2D eigenvalue weighted by Gasteiger charge is -2.17. The first-order valence-corrected chi connectivity index (χ1v) is 16.4. The summed E-state index contributed by atoms with van der Waals surface area (Å²) in [5.41, 5.74) is 12.9. The number of hydrogen-bond donors (Lipinski definition) is 1. The van der Waals surface area contributed by atoms with E-state index in [-0.39, 0.29) is 0 Å². The molecule has 0 aliphatic rings. The molecule has 9 rings (SSSR count). The monoisotopic (exact) mass is 612 g/mol. The number of hydrogen-bond acceptors (Lipinski definition) is 1. The molecule has 0 aliphatic heterocycles. The summed E-state index contributed by atoms with van der Waals surface area (Å²) in [5, 5.41) is 8.78. The summed E-state index contributed by atoms with van der Waals surface area (Å²) >= 11 is 0. The first-order valence-electron chi connectivity index (χ1n) is 16.4. The van der Waals surface area contributed by atoms with Crippen LogP contribution in [0, 0.1) is 0 Å². The Kier molecular flexibility index (Phi) is 6.84. The third-order valence-corrected chi connectivity index (χ3v) is 9.39. The van der Waals surface area contributed by atoms with Crippen molar-refractivity contribution in [2.45, 2.75) is 0 Å². The van der Waals surface area contributed by atoms with Crippen LogP contribution in [0.4, 0.5) is 11.4 Å². The summed E-state index contributed by atoms with van der Waals surface area (Å²) in [5.74, 6) is 0. The van der Waals surface area contributed by atoms with Gasteiger partial charge in [-0.1, -0.05) is 146 Å². The standard InChI is InChI=1S/C46H32N2/c1-2-13-33(14-3-1)38-22-11-15-34-16-12-23-42(46(34)38)39-19-4-7-24-43(39)47-36-29-27-32(28-30-36)35-17-10-18-37(31-35)48-44-25-8-5-20-40(44)41-21-6-9-26-45(41)48/h1-31,47H. The van der Waals surface area contributed by atoms with Crippen molar-refractivity contribution < 1.29 is 0 Å². The Hall–Kier alpha value is -6.38. The van der Waals surface area contributed by atoms with Crippen LogP contribution in [-0.2, 0) is 0 Å². The van der Waals surface area contributed by atoms with Crippen LogP contribution < -0.4 is 5.32 Å². The zero-order valence-electron chi connectivity index (χ0n) is 26.3. The summed E-state index contributed by atoms with van der Waals surface area (Å²) < 4.78 is 2.37. The van der Waals surface area contributed by atoms with Crippen LogP contribution in [0.2, 0.25) is 0 Å². The maximum atomic E-state index is 3.74. The highest BCUT2D eigenvalue weighted by molar-refractivity contribution is 6.10. The summed E-state index contributed by atoms with van der Waals surface area (Å²) in [6, 6.07) is 67.4. The quantitative estimate of drug-likeness (QED) is 0.198. The molecule has 2 nitrogen and oxygen atoms in total. The molecule has 1 heterocycles. The summed E-state index contributed by atoms with van der Waals surface area (Å²) in [6.45, 7) is 0. The predicted molar refractivity (Wildman–Crippen MR) is 204 cm³/mol. The SMILES string of the molecule is c1ccc(-c2cccc3cccc(-c4ccccc4Nc4ccc(-c5cccc(-n6c7ccccc7c7ccccc76)c5)cc4)c23)cc1. The van der Waals surface area contributed by atoms with Crippen molar-refractivity contribution in [2.75, 3.05) is 5.32 Å². The Bertz CT molecular complexity index is 2520. The Balaban J connectivity index is 1.06. The minimum absolute atomic E-state index is 1.05. The summed E-state index contributed by atoms with van der Waals surface area (Å²) in [4.78, 5) is 0. The van der Waals surface area contributed by atoms with Crippen molar-refractivity contribution in [3.8, 4) is 39.1 Å². The fourth-order valence-electron chi connectivity index (χ4n) is 7.18. The minimum Gasteiger partial charge on any atom is -0.355 e. The predicted octanol–water partition coefficient (Wildman–Crippen LogP) is 12.7. The molecule has 226 valence electrons. The van der Waals surface area contributed by atoms with Crippen LogP contribution in [0.1, 0.15) is 0 Å². The molecule has 0 amide bonds. The summed E-state index contributed by atoms with van der Waals surface area (Å²) in [7, 11) is 0. The Morgan fingerprint density at radius 3 is 1.71 bits per heavy atom. The number of benzene rings is 8. The first kappa shape index (κ1) is 27.9. The van der Waals surface area contributed by atoms with Crippen LogP contribution in [0.15, 0.2) is 188 Å². The van der Waals surface area contributed by atoms with E-state index in [9.17, 15) is 0 Å². The lowest BCUT2D eigenvalue weighted by Crippen LogP contribution is -1.95. The first-order chi connectivity index (χ1) is 23.8. The highest BCUT2D eigenvalue weighted by Gasteiger charge is 2.14. The second kappa shape index (κ2) is 11.8. The normalized spacial score (nSPS) is 11.3. The van der Waals surface area contributed by atoms with E-state index in [1.54, 1.807) is 0 Å². The van der Waals surface area contributed by atoms with E-state index in [1.165, 1.54) is 66.0 Å². The van der Waals surface area contributed by atoms with E-state index in [2.05, 4.69) is 198 Å². The molecule has 0 saturated heterocycles. The average Bonchev–Trinajstić information content (AvgIpc) is 3.50. The number of para-hydroxylation sites is 3. The zero-order valence-corrected chi connectivity index (χ0v) is 26.3. The maximum Gasteiger partial charge on any atom is 0.0541 e.